The van der Waals surface area contributed by atoms with Gasteiger partial charge in [0.05, 0.1) is 12.5 Å². The second-order valence-electron chi connectivity index (χ2n) is 2.39. The van der Waals surface area contributed by atoms with Crippen LogP contribution in [0.25, 0.3) is 0 Å². The lowest BCUT2D eigenvalue weighted by Crippen LogP contribution is -2.07. The fourth-order valence-electron chi connectivity index (χ4n) is 0.885. The molecular weight excluding hydrogens is 132 g/mol. The number of aldehydes is 1. The minimum absolute atomic E-state index is 0.0564. The van der Waals surface area contributed by atoms with Crippen LogP contribution in [0.3, 0.4) is 0 Å². The predicted octanol–water partition coefficient (Wildman–Crippen LogP) is 0.385. The molecule has 0 spiro atoms. The third-order valence-corrected chi connectivity index (χ3v) is 1.60. The van der Waals surface area contributed by atoms with Gasteiger partial charge in [-0.25, -0.2) is 0 Å². The van der Waals surface area contributed by atoms with Crippen LogP contribution < -0.4 is 0 Å². The van der Waals surface area contributed by atoms with Crippen LogP contribution in [0.5, 0.6) is 0 Å². The number of hydrogen-bond acceptors (Lipinski definition) is 3. The van der Waals surface area contributed by atoms with Gasteiger partial charge in [-0.3, -0.25) is 4.79 Å². The van der Waals surface area contributed by atoms with Gasteiger partial charge in [-0.1, -0.05) is 0 Å². The van der Waals surface area contributed by atoms with E-state index in [9.17, 15) is 9.59 Å². The van der Waals surface area contributed by atoms with Crippen LogP contribution >= 0.6 is 0 Å². The molecular formula is C7H10O3. The Morgan fingerprint density at radius 2 is 2.50 bits per heavy atom. The highest BCUT2D eigenvalue weighted by Gasteiger charge is 2.43. The van der Waals surface area contributed by atoms with E-state index in [1.165, 1.54) is 0 Å². The molecule has 0 radical (unpaired) electrons. The smallest absolute Gasteiger partial charge is 0.309 e. The Hall–Kier alpha value is -0.860. The van der Waals surface area contributed by atoms with E-state index in [-0.39, 0.29) is 17.8 Å². The fraction of sp³-hybridized carbons (Fsp3) is 0.714. The van der Waals surface area contributed by atoms with E-state index in [0.717, 1.165) is 6.29 Å². The Kier molecular flexibility index (Phi) is 2.04. The van der Waals surface area contributed by atoms with Crippen molar-refractivity contribution in [3.05, 3.63) is 0 Å². The van der Waals surface area contributed by atoms with Crippen molar-refractivity contribution in [2.45, 2.75) is 13.3 Å². The van der Waals surface area contributed by atoms with Gasteiger partial charge in [-0.05, 0) is 13.3 Å². The molecule has 0 aromatic carbocycles. The first kappa shape index (κ1) is 7.25. The molecule has 0 N–H and O–H groups in total. The molecule has 1 aliphatic carbocycles. The van der Waals surface area contributed by atoms with Crippen molar-refractivity contribution >= 4 is 12.3 Å². The summed E-state index contributed by atoms with van der Waals surface area (Å²) in [6.45, 7) is 2.16. The van der Waals surface area contributed by atoms with Crippen LogP contribution in [0.15, 0.2) is 0 Å². The molecule has 0 bridgehead atoms. The lowest BCUT2D eigenvalue weighted by molar-refractivity contribution is -0.145. The van der Waals surface area contributed by atoms with Gasteiger partial charge in [-0.2, -0.15) is 0 Å². The maximum Gasteiger partial charge on any atom is 0.309 e. The highest BCUT2D eigenvalue weighted by Crippen LogP contribution is 2.37. The molecule has 3 nitrogen and oxygen atoms in total. The third kappa shape index (κ3) is 1.35. The number of carbonyl (C=O) groups excluding carboxylic acids is 2. The topological polar surface area (TPSA) is 43.4 Å². The largest absolute Gasteiger partial charge is 0.466 e. The number of esters is 1. The summed E-state index contributed by atoms with van der Waals surface area (Å²) in [4.78, 5) is 20.9. The second-order valence-corrected chi connectivity index (χ2v) is 2.39. The molecule has 0 aromatic rings. The fourth-order valence-corrected chi connectivity index (χ4v) is 0.885. The minimum atomic E-state index is -0.223. The highest BCUT2D eigenvalue weighted by molar-refractivity contribution is 5.81. The number of rotatable bonds is 3. The molecule has 1 saturated carbocycles. The van der Waals surface area contributed by atoms with Crippen LogP contribution in [0, 0.1) is 11.8 Å². The van der Waals surface area contributed by atoms with Gasteiger partial charge in [0.2, 0.25) is 0 Å². The second kappa shape index (κ2) is 2.82. The molecule has 0 aromatic heterocycles. The van der Waals surface area contributed by atoms with E-state index < -0.39 is 0 Å². The molecule has 0 unspecified atom stereocenters. The predicted molar refractivity (Wildman–Crippen MR) is 34.3 cm³/mol. The first-order valence-electron chi connectivity index (χ1n) is 3.41. The summed E-state index contributed by atoms with van der Waals surface area (Å²) in [6.07, 6.45) is 1.50. The van der Waals surface area contributed by atoms with E-state index in [1.807, 2.05) is 0 Å². The normalized spacial score (nSPS) is 29.3. The summed E-state index contributed by atoms with van der Waals surface area (Å²) >= 11 is 0. The van der Waals surface area contributed by atoms with Crippen molar-refractivity contribution in [2.24, 2.45) is 11.8 Å². The average molecular weight is 142 g/mol. The van der Waals surface area contributed by atoms with Gasteiger partial charge < -0.3 is 9.53 Å². The molecule has 3 heteroatoms. The molecule has 0 saturated heterocycles. The molecule has 1 rings (SSSR count). The van der Waals surface area contributed by atoms with Crippen molar-refractivity contribution in [1.29, 1.82) is 0 Å². The van der Waals surface area contributed by atoms with E-state index in [2.05, 4.69) is 0 Å². The number of hydrogen-bond donors (Lipinski definition) is 0. The Morgan fingerprint density at radius 3 is 2.90 bits per heavy atom. The standard InChI is InChI=1S/C7H10O3/c1-2-10-7(9)6-3-5(6)4-8/h4-6H,2-3H2,1H3/t5-,6-/m1/s1. The van der Waals surface area contributed by atoms with Crippen LogP contribution in [0.2, 0.25) is 0 Å². The maximum atomic E-state index is 10.8. The van der Waals surface area contributed by atoms with Gasteiger partial charge in [0.25, 0.3) is 0 Å². The Labute approximate surface area is 59.4 Å². The van der Waals surface area contributed by atoms with E-state index >= 15 is 0 Å². The highest BCUT2D eigenvalue weighted by atomic mass is 16.5. The average Bonchev–Trinajstić information content (AvgIpc) is 2.66. The lowest BCUT2D eigenvalue weighted by atomic mass is 10.3. The number of ether oxygens (including phenoxy) is 1. The molecule has 2 atom stereocenters. The maximum absolute atomic E-state index is 10.8. The van der Waals surface area contributed by atoms with Gasteiger partial charge in [-0.15, -0.1) is 0 Å². The Morgan fingerprint density at radius 1 is 1.80 bits per heavy atom. The zero-order chi connectivity index (χ0) is 7.56. The molecule has 1 aliphatic rings. The lowest BCUT2D eigenvalue weighted by Gasteiger charge is -1.96. The Bertz CT molecular complexity index is 153. The molecule has 56 valence electrons. The van der Waals surface area contributed by atoms with Gasteiger partial charge in [0, 0.05) is 5.92 Å². The first-order valence-corrected chi connectivity index (χ1v) is 3.41. The number of carbonyl (C=O) groups is 2. The summed E-state index contributed by atoms with van der Waals surface area (Å²) in [5.74, 6) is -0.406. The molecule has 1 fully saturated rings. The summed E-state index contributed by atoms with van der Waals surface area (Å²) in [5, 5.41) is 0. The van der Waals surface area contributed by atoms with E-state index in [1.54, 1.807) is 6.92 Å². The van der Waals surface area contributed by atoms with Crippen molar-refractivity contribution in [3.8, 4) is 0 Å². The van der Waals surface area contributed by atoms with Crippen LogP contribution in [-0.2, 0) is 14.3 Å². The molecule has 0 amide bonds. The summed E-state index contributed by atoms with van der Waals surface area (Å²) < 4.78 is 4.70. The molecule has 0 heterocycles. The van der Waals surface area contributed by atoms with Crippen LogP contribution in [0.1, 0.15) is 13.3 Å². The zero-order valence-corrected chi connectivity index (χ0v) is 5.87. The van der Waals surface area contributed by atoms with Crippen molar-refractivity contribution in [2.75, 3.05) is 6.61 Å². The van der Waals surface area contributed by atoms with Crippen LogP contribution in [0.4, 0.5) is 0 Å². The Balaban J connectivity index is 2.25. The van der Waals surface area contributed by atoms with E-state index in [0.29, 0.717) is 13.0 Å². The SMILES string of the molecule is CCOC(=O)[C@@H]1C[C@@H]1C=O. The zero-order valence-electron chi connectivity index (χ0n) is 5.87. The third-order valence-electron chi connectivity index (χ3n) is 1.60. The molecule has 0 aliphatic heterocycles. The van der Waals surface area contributed by atoms with E-state index in [4.69, 9.17) is 4.74 Å². The summed E-state index contributed by atoms with van der Waals surface area (Å²) in [7, 11) is 0. The minimum Gasteiger partial charge on any atom is -0.466 e. The molecule has 10 heavy (non-hydrogen) atoms. The van der Waals surface area contributed by atoms with Gasteiger partial charge in [0.15, 0.2) is 0 Å². The summed E-state index contributed by atoms with van der Waals surface area (Å²) in [6, 6.07) is 0. The van der Waals surface area contributed by atoms with Crippen molar-refractivity contribution < 1.29 is 14.3 Å². The first-order chi connectivity index (χ1) is 4.79. The van der Waals surface area contributed by atoms with Crippen molar-refractivity contribution in [3.63, 3.8) is 0 Å². The quantitative estimate of drug-likeness (QED) is 0.422. The van der Waals surface area contributed by atoms with Gasteiger partial charge in [0.1, 0.15) is 6.29 Å². The van der Waals surface area contributed by atoms with Crippen molar-refractivity contribution in [1.82, 2.24) is 0 Å². The monoisotopic (exact) mass is 142 g/mol. The summed E-state index contributed by atoms with van der Waals surface area (Å²) in [5.41, 5.74) is 0. The van der Waals surface area contributed by atoms with Gasteiger partial charge >= 0.3 is 5.97 Å². The van der Waals surface area contributed by atoms with Crippen LogP contribution in [-0.4, -0.2) is 18.9 Å².